The Kier molecular flexibility index (Phi) is 5.37. The third kappa shape index (κ3) is 4.70. The molecule has 6 nitrogen and oxygen atoms in total. The van der Waals surface area contributed by atoms with Crippen molar-refractivity contribution in [1.29, 1.82) is 0 Å². The molecule has 0 saturated heterocycles. The summed E-state index contributed by atoms with van der Waals surface area (Å²) >= 11 is 0. The Morgan fingerprint density at radius 3 is 2.31 bits per heavy atom. The number of anilines is 1. The highest BCUT2D eigenvalue weighted by Crippen LogP contribution is 2.18. The zero-order chi connectivity index (χ0) is 18.6. The molecule has 0 aliphatic carbocycles. The van der Waals surface area contributed by atoms with Crippen LogP contribution in [0.25, 0.3) is 0 Å². The molecule has 1 N–H and O–H groups in total. The standard InChI is InChI=1S/C19H20N2O4S/c22-18(20-17-8-2-1-3-9-17)13-26(24,25)14-19(23)21-11-10-15-6-4-5-7-16(15)12-21/h1-9H,10-14H2,(H,20,22). The number of sulfone groups is 1. The first kappa shape index (κ1) is 18.1. The maximum Gasteiger partial charge on any atom is 0.239 e. The lowest BCUT2D eigenvalue weighted by atomic mass is 10.00. The second-order valence-corrected chi connectivity index (χ2v) is 8.34. The van der Waals surface area contributed by atoms with Gasteiger partial charge in [0.15, 0.2) is 9.84 Å². The summed E-state index contributed by atoms with van der Waals surface area (Å²) in [6, 6.07) is 16.4. The summed E-state index contributed by atoms with van der Waals surface area (Å²) in [4.78, 5) is 25.8. The molecule has 1 aliphatic rings. The van der Waals surface area contributed by atoms with Crippen molar-refractivity contribution < 1.29 is 18.0 Å². The van der Waals surface area contributed by atoms with Crippen LogP contribution in [0, 0.1) is 0 Å². The molecule has 0 bridgehead atoms. The minimum absolute atomic E-state index is 0.404. The van der Waals surface area contributed by atoms with Gasteiger partial charge in [-0.15, -0.1) is 0 Å². The van der Waals surface area contributed by atoms with E-state index < -0.39 is 33.2 Å². The zero-order valence-corrected chi connectivity index (χ0v) is 15.0. The highest BCUT2D eigenvalue weighted by molar-refractivity contribution is 7.92. The van der Waals surface area contributed by atoms with E-state index in [1.807, 2.05) is 24.3 Å². The fraction of sp³-hybridized carbons (Fsp3) is 0.263. The zero-order valence-electron chi connectivity index (χ0n) is 14.2. The van der Waals surface area contributed by atoms with Crippen LogP contribution in [0.1, 0.15) is 11.1 Å². The summed E-state index contributed by atoms with van der Waals surface area (Å²) in [6.07, 6.45) is 0.705. The molecule has 2 amide bonds. The van der Waals surface area contributed by atoms with E-state index in [1.165, 1.54) is 10.5 Å². The van der Waals surface area contributed by atoms with Gasteiger partial charge in [0, 0.05) is 18.8 Å². The monoisotopic (exact) mass is 372 g/mol. The van der Waals surface area contributed by atoms with Crippen LogP contribution in [0.2, 0.25) is 0 Å². The van der Waals surface area contributed by atoms with Crippen LogP contribution in [0.4, 0.5) is 5.69 Å². The SMILES string of the molecule is O=C(CS(=O)(=O)CC(=O)N1CCc2ccccc2C1)Nc1ccccc1. The van der Waals surface area contributed by atoms with Crippen molar-refractivity contribution in [2.75, 3.05) is 23.4 Å². The predicted molar refractivity (Wildman–Crippen MR) is 99.3 cm³/mol. The topological polar surface area (TPSA) is 83.5 Å². The predicted octanol–water partition coefficient (Wildman–Crippen LogP) is 1.62. The largest absolute Gasteiger partial charge is 0.337 e. The van der Waals surface area contributed by atoms with Crippen LogP contribution in [0.5, 0.6) is 0 Å². The van der Waals surface area contributed by atoms with E-state index in [-0.39, 0.29) is 0 Å². The van der Waals surface area contributed by atoms with Crippen molar-refractivity contribution in [3.05, 3.63) is 65.7 Å². The molecule has 0 saturated carbocycles. The third-order valence-corrected chi connectivity index (χ3v) is 5.62. The summed E-state index contributed by atoms with van der Waals surface area (Å²) in [5.74, 6) is -2.48. The van der Waals surface area contributed by atoms with E-state index in [9.17, 15) is 18.0 Å². The summed E-state index contributed by atoms with van der Waals surface area (Å²) in [6.45, 7) is 0.891. The first-order valence-corrected chi connectivity index (χ1v) is 10.1. The van der Waals surface area contributed by atoms with Gasteiger partial charge in [-0.1, -0.05) is 42.5 Å². The number of nitrogens with zero attached hydrogens (tertiary/aromatic N) is 1. The number of hydrogen-bond donors (Lipinski definition) is 1. The second-order valence-electron chi connectivity index (χ2n) is 6.28. The van der Waals surface area contributed by atoms with Crippen LogP contribution in [0.3, 0.4) is 0 Å². The van der Waals surface area contributed by atoms with Gasteiger partial charge in [0.1, 0.15) is 11.5 Å². The first-order chi connectivity index (χ1) is 12.4. The smallest absolute Gasteiger partial charge is 0.239 e. The third-order valence-electron chi connectivity index (χ3n) is 4.24. The Labute approximate surface area is 152 Å². The number of benzene rings is 2. The minimum Gasteiger partial charge on any atom is -0.337 e. The number of para-hydroxylation sites is 1. The molecule has 0 atom stereocenters. The molecule has 2 aromatic rings. The molecule has 1 aliphatic heterocycles. The molecule has 0 aromatic heterocycles. The van der Waals surface area contributed by atoms with Crippen molar-refractivity contribution >= 4 is 27.3 Å². The Balaban J connectivity index is 1.57. The van der Waals surface area contributed by atoms with Crippen LogP contribution in [0.15, 0.2) is 54.6 Å². The summed E-state index contributed by atoms with van der Waals surface area (Å²) in [5.41, 5.74) is 2.74. The molecule has 2 aromatic carbocycles. The summed E-state index contributed by atoms with van der Waals surface area (Å²) in [7, 11) is -3.83. The molecular weight excluding hydrogens is 352 g/mol. The van der Waals surface area contributed by atoms with Gasteiger partial charge in [-0.05, 0) is 29.7 Å². The van der Waals surface area contributed by atoms with Crippen molar-refractivity contribution in [3.63, 3.8) is 0 Å². The van der Waals surface area contributed by atoms with E-state index in [0.717, 1.165) is 5.56 Å². The van der Waals surface area contributed by atoms with Crippen LogP contribution in [-0.2, 0) is 32.4 Å². The molecule has 7 heteroatoms. The lowest BCUT2D eigenvalue weighted by Gasteiger charge is -2.28. The molecule has 3 rings (SSSR count). The van der Waals surface area contributed by atoms with E-state index in [1.54, 1.807) is 30.3 Å². The molecule has 0 spiro atoms. The van der Waals surface area contributed by atoms with Gasteiger partial charge in [-0.25, -0.2) is 8.42 Å². The van der Waals surface area contributed by atoms with Crippen molar-refractivity contribution in [1.82, 2.24) is 4.90 Å². The van der Waals surface area contributed by atoms with Gasteiger partial charge < -0.3 is 10.2 Å². The normalized spacial score (nSPS) is 13.8. The van der Waals surface area contributed by atoms with Gasteiger partial charge in [0.2, 0.25) is 11.8 Å². The van der Waals surface area contributed by atoms with E-state index in [2.05, 4.69) is 5.32 Å². The summed E-state index contributed by atoms with van der Waals surface area (Å²) in [5, 5.41) is 2.52. The number of fused-ring (bicyclic) bond motifs is 1. The minimum atomic E-state index is -3.83. The number of nitrogens with one attached hydrogen (secondary N) is 1. The van der Waals surface area contributed by atoms with E-state index in [4.69, 9.17) is 0 Å². The number of hydrogen-bond acceptors (Lipinski definition) is 4. The van der Waals surface area contributed by atoms with Crippen LogP contribution in [-0.4, -0.2) is 43.2 Å². The maximum absolute atomic E-state index is 12.4. The Morgan fingerprint density at radius 2 is 1.58 bits per heavy atom. The maximum atomic E-state index is 12.4. The highest BCUT2D eigenvalue weighted by atomic mass is 32.2. The average Bonchev–Trinajstić information content (AvgIpc) is 2.61. The molecular formula is C19H20N2O4S. The lowest BCUT2D eigenvalue weighted by Crippen LogP contribution is -2.40. The van der Waals surface area contributed by atoms with Gasteiger partial charge in [-0.2, -0.15) is 0 Å². The van der Waals surface area contributed by atoms with Crippen molar-refractivity contribution in [2.24, 2.45) is 0 Å². The lowest BCUT2D eigenvalue weighted by molar-refractivity contribution is -0.129. The van der Waals surface area contributed by atoms with Crippen LogP contribution < -0.4 is 5.32 Å². The molecule has 26 heavy (non-hydrogen) atoms. The molecule has 1 heterocycles. The van der Waals surface area contributed by atoms with Crippen molar-refractivity contribution in [3.8, 4) is 0 Å². The Hall–Kier alpha value is -2.67. The number of carbonyl (C=O) groups is 2. The number of amides is 2. The fourth-order valence-electron chi connectivity index (χ4n) is 2.96. The highest BCUT2D eigenvalue weighted by Gasteiger charge is 2.26. The average molecular weight is 372 g/mol. The quantitative estimate of drug-likeness (QED) is 0.865. The van der Waals surface area contributed by atoms with E-state index in [0.29, 0.717) is 25.2 Å². The molecule has 0 fully saturated rings. The van der Waals surface area contributed by atoms with Gasteiger partial charge >= 0.3 is 0 Å². The van der Waals surface area contributed by atoms with E-state index >= 15 is 0 Å². The molecule has 0 unspecified atom stereocenters. The fourth-order valence-corrected chi connectivity index (χ4v) is 4.09. The van der Waals surface area contributed by atoms with Gasteiger partial charge in [0.25, 0.3) is 0 Å². The van der Waals surface area contributed by atoms with Crippen molar-refractivity contribution in [2.45, 2.75) is 13.0 Å². The Morgan fingerprint density at radius 1 is 0.923 bits per heavy atom. The second kappa shape index (κ2) is 7.70. The van der Waals surface area contributed by atoms with Gasteiger partial charge in [0.05, 0.1) is 0 Å². The number of rotatable bonds is 5. The summed E-state index contributed by atoms with van der Waals surface area (Å²) < 4.78 is 24.4. The molecule has 136 valence electrons. The Bertz CT molecular complexity index is 910. The first-order valence-electron chi connectivity index (χ1n) is 8.33. The van der Waals surface area contributed by atoms with Gasteiger partial charge in [-0.3, -0.25) is 9.59 Å². The van der Waals surface area contributed by atoms with Crippen LogP contribution >= 0.6 is 0 Å². The molecule has 0 radical (unpaired) electrons. The number of carbonyl (C=O) groups excluding carboxylic acids is 2.